The van der Waals surface area contributed by atoms with E-state index in [1.807, 2.05) is 20.8 Å². The molecule has 0 saturated heterocycles. The highest BCUT2D eigenvalue weighted by Gasteiger charge is 2.28. The van der Waals surface area contributed by atoms with Gasteiger partial charge in [-0.05, 0) is 39.0 Å². The third-order valence-electron chi connectivity index (χ3n) is 5.11. The lowest BCUT2D eigenvalue weighted by Gasteiger charge is -2.29. The van der Waals surface area contributed by atoms with Gasteiger partial charge in [0.1, 0.15) is 5.78 Å². The van der Waals surface area contributed by atoms with Crippen molar-refractivity contribution >= 4 is 11.7 Å². The molecule has 1 rings (SSSR count). The molecule has 0 aromatic rings. The van der Waals surface area contributed by atoms with Crippen LogP contribution in [0.5, 0.6) is 0 Å². The zero-order valence-electron chi connectivity index (χ0n) is 17.6. The number of rotatable bonds is 14. The Morgan fingerprint density at radius 1 is 0.963 bits per heavy atom. The summed E-state index contributed by atoms with van der Waals surface area (Å²) in [6, 6.07) is 0.197. The van der Waals surface area contributed by atoms with Gasteiger partial charge in [-0.1, -0.05) is 20.8 Å². The molecule has 0 heterocycles. The van der Waals surface area contributed by atoms with E-state index in [4.69, 9.17) is 14.2 Å². The van der Waals surface area contributed by atoms with Crippen LogP contribution in [0.2, 0.25) is 0 Å². The second-order valence-electron chi connectivity index (χ2n) is 7.74. The standard InChI is InChI=1S/C21H39NO5.H2/c1-5-17(4)27-15-14-26-13-12-25-11-10-20(23)22-19-8-6-18(7-9-19)21(24)16(2)3;/h16-19H,5-15H2,1-4H3,(H,22,23);1H. The molecule has 1 fully saturated rings. The smallest absolute Gasteiger partial charge is 0.222 e. The summed E-state index contributed by atoms with van der Waals surface area (Å²) in [5.74, 6) is 0.671. The van der Waals surface area contributed by atoms with E-state index in [0.717, 1.165) is 32.1 Å². The molecule has 0 bridgehead atoms. The molecular weight excluding hydrogens is 346 g/mol. The predicted octanol–water partition coefficient (Wildman–Crippen LogP) is 3.37. The van der Waals surface area contributed by atoms with E-state index < -0.39 is 0 Å². The van der Waals surface area contributed by atoms with E-state index in [1.165, 1.54) is 0 Å². The molecule has 6 nitrogen and oxygen atoms in total. The minimum absolute atomic E-state index is 0. The number of hydrogen-bond acceptors (Lipinski definition) is 5. The van der Waals surface area contributed by atoms with Crippen LogP contribution >= 0.6 is 0 Å². The number of nitrogens with one attached hydrogen (secondary N) is 1. The zero-order valence-corrected chi connectivity index (χ0v) is 17.6. The van der Waals surface area contributed by atoms with Gasteiger partial charge in [-0.25, -0.2) is 0 Å². The van der Waals surface area contributed by atoms with Crippen molar-refractivity contribution in [2.75, 3.05) is 33.0 Å². The van der Waals surface area contributed by atoms with Gasteiger partial charge in [-0.15, -0.1) is 0 Å². The van der Waals surface area contributed by atoms with Crippen molar-refractivity contribution in [2.24, 2.45) is 11.8 Å². The average molecular weight is 388 g/mol. The Labute approximate surface area is 166 Å². The number of hydrogen-bond donors (Lipinski definition) is 1. The summed E-state index contributed by atoms with van der Waals surface area (Å²) < 4.78 is 16.4. The summed E-state index contributed by atoms with van der Waals surface area (Å²) in [6.45, 7) is 10.6. The molecule has 1 atom stereocenters. The van der Waals surface area contributed by atoms with Crippen molar-refractivity contribution in [3.05, 3.63) is 0 Å². The van der Waals surface area contributed by atoms with E-state index >= 15 is 0 Å². The summed E-state index contributed by atoms with van der Waals surface area (Å²) >= 11 is 0. The fourth-order valence-electron chi connectivity index (χ4n) is 3.21. The average Bonchev–Trinajstić information content (AvgIpc) is 2.66. The van der Waals surface area contributed by atoms with Crippen LogP contribution in [-0.4, -0.2) is 56.9 Å². The Morgan fingerprint density at radius 2 is 1.56 bits per heavy atom. The SMILES string of the molecule is CCC(C)OCCOCCOCCC(=O)NC1CCC(C(=O)C(C)C)CC1.[HH]. The molecule has 1 N–H and O–H groups in total. The third-order valence-corrected chi connectivity index (χ3v) is 5.11. The van der Waals surface area contributed by atoms with Crippen LogP contribution in [0, 0.1) is 11.8 Å². The summed E-state index contributed by atoms with van der Waals surface area (Å²) in [5, 5.41) is 3.06. The largest absolute Gasteiger partial charge is 0.379 e. The molecule has 1 aliphatic rings. The fourth-order valence-corrected chi connectivity index (χ4v) is 3.21. The molecular formula is C21H41NO5. The maximum Gasteiger partial charge on any atom is 0.222 e. The fraction of sp³-hybridized carbons (Fsp3) is 0.905. The number of Topliss-reactive ketones (excluding diaryl/α,β-unsaturated/α-hetero) is 1. The number of amides is 1. The number of carbonyl (C=O) groups excluding carboxylic acids is 2. The molecule has 27 heavy (non-hydrogen) atoms. The molecule has 1 aliphatic carbocycles. The Bertz CT molecular complexity index is 425. The van der Waals surface area contributed by atoms with Gasteiger partial charge in [0, 0.05) is 25.7 Å². The van der Waals surface area contributed by atoms with Gasteiger partial charge in [0.15, 0.2) is 0 Å². The van der Waals surface area contributed by atoms with E-state index in [1.54, 1.807) is 0 Å². The number of ether oxygens (including phenoxy) is 3. The molecule has 0 aliphatic heterocycles. The highest BCUT2D eigenvalue weighted by molar-refractivity contribution is 5.83. The van der Waals surface area contributed by atoms with Crippen molar-refractivity contribution in [1.82, 2.24) is 5.32 Å². The summed E-state index contributed by atoms with van der Waals surface area (Å²) in [7, 11) is 0. The van der Waals surface area contributed by atoms with Crippen LogP contribution in [0.25, 0.3) is 0 Å². The van der Waals surface area contributed by atoms with E-state index in [0.29, 0.717) is 45.2 Å². The van der Waals surface area contributed by atoms with Crippen LogP contribution in [-0.2, 0) is 23.8 Å². The summed E-state index contributed by atoms with van der Waals surface area (Å²) in [5.41, 5.74) is 0. The van der Waals surface area contributed by atoms with Gasteiger partial charge in [-0.2, -0.15) is 0 Å². The Hall–Kier alpha value is -0.980. The van der Waals surface area contributed by atoms with Crippen LogP contribution < -0.4 is 5.32 Å². The molecule has 1 unspecified atom stereocenters. The summed E-state index contributed by atoms with van der Waals surface area (Å²) in [4.78, 5) is 24.0. The molecule has 6 heteroatoms. The van der Waals surface area contributed by atoms with Gasteiger partial charge in [0.2, 0.25) is 5.91 Å². The molecule has 0 spiro atoms. The van der Waals surface area contributed by atoms with Gasteiger partial charge in [-0.3, -0.25) is 9.59 Å². The maximum absolute atomic E-state index is 12.0. The van der Waals surface area contributed by atoms with Crippen molar-refractivity contribution in [3.8, 4) is 0 Å². The highest BCUT2D eigenvalue weighted by atomic mass is 16.5. The van der Waals surface area contributed by atoms with Crippen LogP contribution in [0.1, 0.15) is 67.6 Å². The third kappa shape index (κ3) is 10.8. The van der Waals surface area contributed by atoms with Gasteiger partial charge < -0.3 is 19.5 Å². The van der Waals surface area contributed by atoms with Crippen molar-refractivity contribution in [1.29, 1.82) is 0 Å². The van der Waals surface area contributed by atoms with Crippen LogP contribution in [0.15, 0.2) is 0 Å². The predicted molar refractivity (Wildman–Crippen MR) is 108 cm³/mol. The lowest BCUT2D eigenvalue weighted by molar-refractivity contribution is -0.127. The molecule has 0 radical (unpaired) electrons. The second-order valence-corrected chi connectivity index (χ2v) is 7.74. The first kappa shape index (κ1) is 24.1. The molecule has 160 valence electrons. The number of ketones is 1. The molecule has 0 aromatic carbocycles. The van der Waals surface area contributed by atoms with Gasteiger partial charge >= 0.3 is 0 Å². The molecule has 0 aromatic heterocycles. The normalized spacial score (nSPS) is 21.2. The first-order valence-electron chi connectivity index (χ1n) is 10.5. The minimum Gasteiger partial charge on any atom is -0.379 e. The Morgan fingerprint density at radius 3 is 2.15 bits per heavy atom. The van der Waals surface area contributed by atoms with Crippen molar-refractivity contribution in [3.63, 3.8) is 0 Å². The lowest BCUT2D eigenvalue weighted by atomic mass is 9.80. The van der Waals surface area contributed by atoms with Crippen molar-refractivity contribution in [2.45, 2.75) is 78.4 Å². The highest BCUT2D eigenvalue weighted by Crippen LogP contribution is 2.27. The van der Waals surface area contributed by atoms with Crippen LogP contribution in [0.3, 0.4) is 0 Å². The van der Waals surface area contributed by atoms with Gasteiger partial charge in [0.25, 0.3) is 0 Å². The lowest BCUT2D eigenvalue weighted by Crippen LogP contribution is -2.39. The first-order chi connectivity index (χ1) is 12.9. The second kappa shape index (κ2) is 14.1. The number of carbonyl (C=O) groups is 2. The minimum atomic E-state index is 0. The first-order valence-corrected chi connectivity index (χ1v) is 10.5. The topological polar surface area (TPSA) is 73.9 Å². The molecule has 1 saturated carbocycles. The molecule has 1 amide bonds. The quantitative estimate of drug-likeness (QED) is 0.463. The summed E-state index contributed by atoms with van der Waals surface area (Å²) in [6.07, 6.45) is 5.19. The van der Waals surface area contributed by atoms with Gasteiger partial charge in [0.05, 0.1) is 39.1 Å². The van der Waals surface area contributed by atoms with Crippen LogP contribution in [0.4, 0.5) is 0 Å². The van der Waals surface area contributed by atoms with E-state index in [2.05, 4.69) is 12.2 Å². The van der Waals surface area contributed by atoms with E-state index in [-0.39, 0.29) is 31.3 Å². The van der Waals surface area contributed by atoms with Crippen molar-refractivity contribution < 1.29 is 25.2 Å². The van der Waals surface area contributed by atoms with E-state index in [9.17, 15) is 9.59 Å². The zero-order chi connectivity index (χ0) is 20.1. The monoisotopic (exact) mass is 387 g/mol. The Kier molecular flexibility index (Phi) is 12.5. The maximum atomic E-state index is 12.0. The Balaban J connectivity index is 0.00000729.